The zero-order valence-corrected chi connectivity index (χ0v) is 23.6. The number of aromatic nitrogens is 4. The molecule has 0 aliphatic carbocycles. The SMILES string of the molecule is C=Cc1cc(C=Cc2ccc(Cl)cc2)c(C=Cc2ccc(F)cc2)c(C=Cc2cccc(-c3nn[nH]n3)c2)c1Br. The van der Waals surface area contributed by atoms with E-state index >= 15 is 0 Å². The molecular formula is C33H23BrClFN4. The van der Waals surface area contributed by atoms with E-state index in [0.29, 0.717) is 10.8 Å². The van der Waals surface area contributed by atoms with Gasteiger partial charge in [-0.25, -0.2) is 4.39 Å². The van der Waals surface area contributed by atoms with Gasteiger partial charge in [0.2, 0.25) is 5.82 Å². The number of nitrogens with one attached hydrogen (secondary N) is 1. The van der Waals surface area contributed by atoms with Crippen molar-refractivity contribution in [2.24, 2.45) is 0 Å². The van der Waals surface area contributed by atoms with Crippen LogP contribution in [0.15, 0.2) is 89.9 Å². The van der Waals surface area contributed by atoms with Gasteiger partial charge in [-0.05, 0) is 96.5 Å². The van der Waals surface area contributed by atoms with Crippen LogP contribution in [0.25, 0.3) is 53.9 Å². The van der Waals surface area contributed by atoms with Gasteiger partial charge in [-0.1, -0.05) is 103 Å². The maximum absolute atomic E-state index is 13.5. The third kappa shape index (κ3) is 6.60. The van der Waals surface area contributed by atoms with Gasteiger partial charge in [-0.15, -0.1) is 10.2 Å². The van der Waals surface area contributed by atoms with Gasteiger partial charge in [-0.3, -0.25) is 0 Å². The maximum atomic E-state index is 13.5. The van der Waals surface area contributed by atoms with Crippen LogP contribution < -0.4 is 0 Å². The van der Waals surface area contributed by atoms with Crippen molar-refractivity contribution in [3.63, 3.8) is 0 Å². The molecule has 196 valence electrons. The highest BCUT2D eigenvalue weighted by Crippen LogP contribution is 2.34. The van der Waals surface area contributed by atoms with Gasteiger partial charge in [0.05, 0.1) is 0 Å². The summed E-state index contributed by atoms with van der Waals surface area (Å²) in [7, 11) is 0. The number of benzene rings is 4. The topological polar surface area (TPSA) is 54.5 Å². The molecule has 0 bridgehead atoms. The van der Waals surface area contributed by atoms with Gasteiger partial charge in [0.15, 0.2) is 0 Å². The molecule has 0 radical (unpaired) electrons. The molecule has 1 N–H and O–H groups in total. The van der Waals surface area contributed by atoms with Crippen molar-refractivity contribution in [2.75, 3.05) is 0 Å². The minimum atomic E-state index is -0.270. The number of hydrogen-bond donors (Lipinski definition) is 1. The van der Waals surface area contributed by atoms with E-state index in [9.17, 15) is 4.39 Å². The second kappa shape index (κ2) is 12.6. The lowest BCUT2D eigenvalue weighted by Crippen LogP contribution is -1.93. The van der Waals surface area contributed by atoms with Crippen LogP contribution in [0.2, 0.25) is 5.02 Å². The highest BCUT2D eigenvalue weighted by Gasteiger charge is 2.12. The minimum absolute atomic E-state index is 0.270. The predicted octanol–water partition coefficient (Wildman–Crippen LogP) is 9.58. The summed E-state index contributed by atoms with van der Waals surface area (Å²) in [6.07, 6.45) is 14.1. The van der Waals surface area contributed by atoms with Crippen LogP contribution in [0.5, 0.6) is 0 Å². The molecule has 1 heterocycles. The van der Waals surface area contributed by atoms with Crippen LogP contribution in [0, 0.1) is 5.82 Å². The Kier molecular flexibility index (Phi) is 8.59. The van der Waals surface area contributed by atoms with E-state index in [4.69, 9.17) is 11.6 Å². The summed E-state index contributed by atoms with van der Waals surface area (Å²) in [4.78, 5) is 0. The zero-order valence-electron chi connectivity index (χ0n) is 21.2. The fourth-order valence-corrected chi connectivity index (χ4v) is 4.88. The predicted molar refractivity (Wildman–Crippen MR) is 168 cm³/mol. The third-order valence-corrected chi connectivity index (χ3v) is 7.33. The lowest BCUT2D eigenvalue weighted by atomic mass is 9.94. The number of hydrogen-bond acceptors (Lipinski definition) is 3. The van der Waals surface area contributed by atoms with E-state index < -0.39 is 0 Å². The molecule has 0 saturated heterocycles. The molecule has 0 unspecified atom stereocenters. The van der Waals surface area contributed by atoms with E-state index in [1.165, 1.54) is 12.1 Å². The summed E-state index contributed by atoms with van der Waals surface area (Å²) < 4.78 is 14.4. The smallest absolute Gasteiger partial charge is 0.204 e. The molecule has 1 aromatic heterocycles. The molecule has 0 atom stereocenters. The average molecular weight is 610 g/mol. The first-order valence-electron chi connectivity index (χ1n) is 12.4. The third-order valence-electron chi connectivity index (χ3n) is 6.19. The zero-order chi connectivity index (χ0) is 27.9. The molecule has 40 heavy (non-hydrogen) atoms. The van der Waals surface area contributed by atoms with Gasteiger partial charge < -0.3 is 0 Å². The number of nitrogens with zero attached hydrogens (tertiary/aromatic N) is 3. The molecule has 0 amide bonds. The van der Waals surface area contributed by atoms with Crippen molar-refractivity contribution < 1.29 is 4.39 Å². The average Bonchev–Trinajstić information content (AvgIpc) is 3.52. The number of rotatable bonds is 8. The standard InChI is InChI=1S/C33H23BrClFN4/c1-2-25-21-26(13-6-22-7-14-28(35)15-8-22)30(18-11-23-9-16-29(36)17-10-23)31(32(25)34)19-12-24-4-3-5-27(20-24)33-37-39-40-38-33/h2-21H,1H2,(H,37,38,39,40). The number of tetrazole rings is 1. The summed E-state index contributed by atoms with van der Waals surface area (Å²) in [6.45, 7) is 4.02. The Balaban J connectivity index is 1.61. The monoisotopic (exact) mass is 608 g/mol. The first kappa shape index (κ1) is 27.2. The normalized spacial score (nSPS) is 11.7. The number of H-pyrrole nitrogens is 1. The summed E-state index contributed by atoms with van der Waals surface area (Å²) in [5, 5.41) is 15.0. The Morgan fingerprint density at radius 1 is 0.750 bits per heavy atom. The van der Waals surface area contributed by atoms with Crippen molar-refractivity contribution in [3.05, 3.63) is 140 Å². The van der Waals surface area contributed by atoms with E-state index in [0.717, 1.165) is 49.0 Å². The van der Waals surface area contributed by atoms with Crippen LogP contribution in [0.1, 0.15) is 38.9 Å². The molecule has 7 heteroatoms. The molecule has 0 saturated carbocycles. The van der Waals surface area contributed by atoms with Gasteiger partial charge in [0, 0.05) is 15.1 Å². The summed E-state index contributed by atoms with van der Waals surface area (Å²) in [5.41, 5.74) is 7.65. The summed E-state index contributed by atoms with van der Waals surface area (Å²) in [6, 6.07) is 24.1. The maximum Gasteiger partial charge on any atom is 0.204 e. The molecule has 0 aliphatic heterocycles. The van der Waals surface area contributed by atoms with E-state index in [1.807, 2.05) is 78.9 Å². The molecule has 0 fully saturated rings. The lowest BCUT2D eigenvalue weighted by Gasteiger charge is -2.13. The summed E-state index contributed by atoms with van der Waals surface area (Å²) >= 11 is 9.88. The van der Waals surface area contributed by atoms with Crippen LogP contribution >= 0.6 is 27.5 Å². The fourth-order valence-electron chi connectivity index (χ4n) is 4.13. The van der Waals surface area contributed by atoms with Gasteiger partial charge in [0.25, 0.3) is 0 Å². The van der Waals surface area contributed by atoms with Gasteiger partial charge in [0.1, 0.15) is 5.82 Å². The molecule has 4 nitrogen and oxygen atoms in total. The number of aromatic amines is 1. The quantitative estimate of drug-likeness (QED) is 0.178. The van der Waals surface area contributed by atoms with Crippen LogP contribution in [-0.2, 0) is 0 Å². The first-order chi connectivity index (χ1) is 19.5. The Bertz CT molecular complexity index is 1720. The largest absolute Gasteiger partial charge is 0.207 e. The second-order valence-corrected chi connectivity index (χ2v) is 10.1. The van der Waals surface area contributed by atoms with E-state index in [-0.39, 0.29) is 5.82 Å². The highest BCUT2D eigenvalue weighted by molar-refractivity contribution is 9.10. The van der Waals surface area contributed by atoms with Crippen molar-refractivity contribution in [1.82, 2.24) is 20.6 Å². The lowest BCUT2D eigenvalue weighted by molar-refractivity contribution is 0.628. The Labute approximate surface area is 245 Å². The van der Waals surface area contributed by atoms with Crippen molar-refractivity contribution in [3.8, 4) is 11.4 Å². The molecule has 5 rings (SSSR count). The van der Waals surface area contributed by atoms with E-state index in [2.05, 4.69) is 61.4 Å². The Morgan fingerprint density at radius 2 is 1.43 bits per heavy atom. The van der Waals surface area contributed by atoms with Crippen LogP contribution in [0.4, 0.5) is 4.39 Å². The van der Waals surface area contributed by atoms with Crippen molar-refractivity contribution >= 4 is 70.1 Å². The Morgan fingerprint density at radius 3 is 2.12 bits per heavy atom. The van der Waals surface area contributed by atoms with Crippen molar-refractivity contribution in [2.45, 2.75) is 0 Å². The second-order valence-electron chi connectivity index (χ2n) is 8.86. The van der Waals surface area contributed by atoms with Crippen LogP contribution in [0.3, 0.4) is 0 Å². The van der Waals surface area contributed by atoms with Crippen LogP contribution in [-0.4, -0.2) is 20.6 Å². The Hall–Kier alpha value is -4.39. The minimum Gasteiger partial charge on any atom is -0.207 e. The van der Waals surface area contributed by atoms with Gasteiger partial charge in [-0.2, -0.15) is 5.21 Å². The molecular weight excluding hydrogens is 587 g/mol. The van der Waals surface area contributed by atoms with Crippen molar-refractivity contribution in [1.29, 1.82) is 0 Å². The molecule has 4 aromatic carbocycles. The van der Waals surface area contributed by atoms with E-state index in [1.54, 1.807) is 12.1 Å². The first-order valence-corrected chi connectivity index (χ1v) is 13.6. The van der Waals surface area contributed by atoms with Gasteiger partial charge >= 0.3 is 0 Å². The molecule has 0 aliphatic rings. The number of halogens is 3. The molecule has 5 aromatic rings. The summed E-state index contributed by atoms with van der Waals surface area (Å²) in [5.74, 6) is 0.260. The fraction of sp³-hybridized carbons (Fsp3) is 0. The molecule has 0 spiro atoms. The highest BCUT2D eigenvalue weighted by atomic mass is 79.9.